The first-order valence-electron chi connectivity index (χ1n) is 8.16. The van der Waals surface area contributed by atoms with Crippen LogP contribution >= 0.6 is 11.8 Å². The maximum absolute atomic E-state index is 12.4. The van der Waals surface area contributed by atoms with Crippen molar-refractivity contribution in [3.63, 3.8) is 0 Å². The lowest BCUT2D eigenvalue weighted by Gasteiger charge is -2.26. The summed E-state index contributed by atoms with van der Waals surface area (Å²) in [5.41, 5.74) is 4.57. The molecule has 2 aromatic rings. The Kier molecular flexibility index (Phi) is 5.14. The zero-order valence-electron chi connectivity index (χ0n) is 14.3. The Hall–Kier alpha value is -1.95. The molecule has 24 heavy (non-hydrogen) atoms. The highest BCUT2D eigenvalue weighted by molar-refractivity contribution is 7.99. The molecule has 128 valence electrons. The van der Waals surface area contributed by atoms with Crippen molar-refractivity contribution in [3.8, 4) is 0 Å². The number of fused-ring (bicyclic) bond motifs is 1. The summed E-state index contributed by atoms with van der Waals surface area (Å²) in [4.78, 5) is 14.1. The van der Waals surface area contributed by atoms with Crippen LogP contribution in [-0.2, 0) is 13.0 Å². The fourth-order valence-corrected chi connectivity index (χ4v) is 4.23. The van der Waals surface area contributed by atoms with E-state index in [1.807, 2.05) is 25.6 Å². The number of amides is 2. The summed E-state index contributed by atoms with van der Waals surface area (Å²) in [6.45, 7) is 4.91. The second kappa shape index (κ2) is 7.30. The van der Waals surface area contributed by atoms with Gasteiger partial charge in [0.2, 0.25) is 0 Å². The first-order valence-corrected chi connectivity index (χ1v) is 9.21. The molecule has 1 unspecified atom stereocenters. The number of urea groups is 1. The predicted molar refractivity (Wildman–Crippen MR) is 96.2 cm³/mol. The van der Waals surface area contributed by atoms with Crippen LogP contribution in [0.5, 0.6) is 0 Å². The largest absolute Gasteiger partial charge is 0.361 e. The molecule has 1 aliphatic rings. The van der Waals surface area contributed by atoms with Gasteiger partial charge in [-0.1, -0.05) is 29.4 Å². The minimum atomic E-state index is -0.0707. The van der Waals surface area contributed by atoms with Crippen LogP contribution in [-0.4, -0.2) is 35.4 Å². The van der Waals surface area contributed by atoms with Gasteiger partial charge in [0, 0.05) is 24.4 Å². The van der Waals surface area contributed by atoms with E-state index in [-0.39, 0.29) is 6.03 Å². The molecule has 5 nitrogen and oxygen atoms in total. The van der Waals surface area contributed by atoms with Gasteiger partial charge in [0.05, 0.1) is 12.2 Å². The maximum atomic E-state index is 12.4. The van der Waals surface area contributed by atoms with E-state index in [1.54, 1.807) is 11.9 Å². The third-order valence-corrected chi connectivity index (χ3v) is 5.72. The Balaban J connectivity index is 1.58. The van der Waals surface area contributed by atoms with Crippen molar-refractivity contribution in [1.82, 2.24) is 15.4 Å². The van der Waals surface area contributed by atoms with Crippen molar-refractivity contribution >= 4 is 17.8 Å². The van der Waals surface area contributed by atoms with Crippen molar-refractivity contribution in [2.75, 3.05) is 19.3 Å². The van der Waals surface area contributed by atoms with Gasteiger partial charge in [-0.15, -0.1) is 0 Å². The average molecular weight is 345 g/mol. The Morgan fingerprint density at radius 2 is 2.21 bits per heavy atom. The van der Waals surface area contributed by atoms with Gasteiger partial charge < -0.3 is 14.7 Å². The highest BCUT2D eigenvalue weighted by atomic mass is 32.2. The number of nitrogens with one attached hydrogen (secondary N) is 1. The second-order valence-corrected chi connectivity index (χ2v) is 7.46. The molecule has 1 atom stereocenters. The summed E-state index contributed by atoms with van der Waals surface area (Å²) in [6.07, 6.45) is 1.11. The minimum Gasteiger partial charge on any atom is -0.361 e. The number of aryl methyl sites for hydroxylation is 3. The molecular weight excluding hydrogens is 322 g/mol. The standard InChI is InChI=1S/C18H23N3O2S/c1-12-16(13(2)23-20-12)11-21(3)18(22)19-10-17-15-7-5-4-6-14(15)8-9-24-17/h4-7,17H,8-11H2,1-3H3,(H,19,22). The van der Waals surface area contributed by atoms with E-state index in [0.717, 1.165) is 29.2 Å². The summed E-state index contributed by atoms with van der Waals surface area (Å²) >= 11 is 1.91. The molecular formula is C18H23N3O2S. The number of carbonyl (C=O) groups excluding carboxylic acids is 1. The number of hydrogen-bond donors (Lipinski definition) is 1. The molecule has 0 bridgehead atoms. The highest BCUT2D eigenvalue weighted by Crippen LogP contribution is 2.35. The number of nitrogens with zero attached hydrogens (tertiary/aromatic N) is 2. The number of aromatic nitrogens is 1. The lowest BCUT2D eigenvalue weighted by molar-refractivity contribution is 0.206. The van der Waals surface area contributed by atoms with Crippen molar-refractivity contribution in [1.29, 1.82) is 0 Å². The van der Waals surface area contributed by atoms with Gasteiger partial charge in [-0.2, -0.15) is 11.8 Å². The smallest absolute Gasteiger partial charge is 0.317 e. The van der Waals surface area contributed by atoms with Crippen LogP contribution in [0.1, 0.15) is 33.4 Å². The molecule has 3 rings (SSSR count). The van der Waals surface area contributed by atoms with E-state index < -0.39 is 0 Å². The molecule has 1 aliphatic heterocycles. The second-order valence-electron chi connectivity index (χ2n) is 6.15. The zero-order valence-corrected chi connectivity index (χ0v) is 15.2. The van der Waals surface area contributed by atoms with Gasteiger partial charge in [0.15, 0.2) is 0 Å². The van der Waals surface area contributed by atoms with E-state index in [9.17, 15) is 4.79 Å². The third-order valence-electron chi connectivity index (χ3n) is 4.45. The molecule has 0 spiro atoms. The van der Waals surface area contributed by atoms with Crippen LogP contribution in [0.2, 0.25) is 0 Å². The van der Waals surface area contributed by atoms with E-state index in [4.69, 9.17) is 4.52 Å². The van der Waals surface area contributed by atoms with Crippen LogP contribution in [0.3, 0.4) is 0 Å². The fourth-order valence-electron chi connectivity index (χ4n) is 3.00. The topological polar surface area (TPSA) is 58.4 Å². The summed E-state index contributed by atoms with van der Waals surface area (Å²) in [6, 6.07) is 8.45. The molecule has 1 N–H and O–H groups in total. The van der Waals surface area contributed by atoms with Crippen LogP contribution in [0, 0.1) is 13.8 Å². The van der Waals surface area contributed by atoms with Gasteiger partial charge in [0.1, 0.15) is 5.76 Å². The Labute approximate surface area is 146 Å². The zero-order chi connectivity index (χ0) is 17.1. The normalized spacial score (nSPS) is 16.5. The highest BCUT2D eigenvalue weighted by Gasteiger charge is 2.22. The number of hydrogen-bond acceptors (Lipinski definition) is 4. The number of carbonyl (C=O) groups is 1. The molecule has 0 saturated carbocycles. The molecule has 0 radical (unpaired) electrons. The third kappa shape index (κ3) is 3.59. The average Bonchev–Trinajstić information content (AvgIpc) is 2.91. The minimum absolute atomic E-state index is 0.0707. The Morgan fingerprint density at radius 3 is 2.96 bits per heavy atom. The number of rotatable bonds is 4. The van der Waals surface area contributed by atoms with Gasteiger partial charge in [-0.05, 0) is 37.1 Å². The summed E-state index contributed by atoms with van der Waals surface area (Å²) in [7, 11) is 1.79. The first-order chi connectivity index (χ1) is 11.6. The van der Waals surface area contributed by atoms with Crippen molar-refractivity contribution in [2.45, 2.75) is 32.1 Å². The van der Waals surface area contributed by atoms with E-state index in [0.29, 0.717) is 18.3 Å². The van der Waals surface area contributed by atoms with Crippen LogP contribution in [0.15, 0.2) is 28.8 Å². The number of benzene rings is 1. The SMILES string of the molecule is Cc1noc(C)c1CN(C)C(=O)NCC1SCCc2ccccc21. The van der Waals surface area contributed by atoms with E-state index in [1.165, 1.54) is 11.1 Å². The lowest BCUT2D eigenvalue weighted by Crippen LogP contribution is -2.39. The summed E-state index contributed by atoms with van der Waals surface area (Å²) < 4.78 is 5.16. The Morgan fingerprint density at radius 1 is 1.42 bits per heavy atom. The molecule has 2 heterocycles. The van der Waals surface area contributed by atoms with Gasteiger partial charge >= 0.3 is 6.03 Å². The molecule has 0 saturated heterocycles. The van der Waals surface area contributed by atoms with Gasteiger partial charge in [-0.3, -0.25) is 0 Å². The van der Waals surface area contributed by atoms with Crippen LogP contribution < -0.4 is 5.32 Å². The molecule has 2 amide bonds. The maximum Gasteiger partial charge on any atom is 0.317 e. The van der Waals surface area contributed by atoms with E-state index in [2.05, 4.69) is 34.7 Å². The van der Waals surface area contributed by atoms with Crippen molar-refractivity contribution < 1.29 is 9.32 Å². The molecule has 1 aromatic carbocycles. The summed E-state index contributed by atoms with van der Waals surface area (Å²) in [5, 5.41) is 7.32. The number of thioether (sulfide) groups is 1. The summed E-state index contributed by atoms with van der Waals surface area (Å²) in [5.74, 6) is 1.87. The quantitative estimate of drug-likeness (QED) is 0.922. The fraction of sp³-hybridized carbons (Fsp3) is 0.444. The monoisotopic (exact) mass is 345 g/mol. The van der Waals surface area contributed by atoms with Crippen molar-refractivity contribution in [3.05, 3.63) is 52.4 Å². The van der Waals surface area contributed by atoms with Crippen LogP contribution in [0.4, 0.5) is 4.79 Å². The van der Waals surface area contributed by atoms with Crippen LogP contribution in [0.25, 0.3) is 0 Å². The molecule has 6 heteroatoms. The molecule has 0 aliphatic carbocycles. The lowest BCUT2D eigenvalue weighted by atomic mass is 10.0. The van der Waals surface area contributed by atoms with Gasteiger partial charge in [0.25, 0.3) is 0 Å². The Bertz CT molecular complexity index is 709. The van der Waals surface area contributed by atoms with E-state index >= 15 is 0 Å². The predicted octanol–water partition coefficient (Wildman–Crippen LogP) is 3.46. The van der Waals surface area contributed by atoms with Crippen molar-refractivity contribution in [2.24, 2.45) is 0 Å². The molecule has 0 fully saturated rings. The molecule has 1 aromatic heterocycles. The first kappa shape index (κ1) is 16.9. The van der Waals surface area contributed by atoms with Gasteiger partial charge in [-0.25, -0.2) is 4.79 Å².